The Labute approximate surface area is 195 Å². The summed E-state index contributed by atoms with van der Waals surface area (Å²) in [6.07, 6.45) is 0.916. The van der Waals surface area contributed by atoms with Crippen LogP contribution in [0.2, 0.25) is 0 Å². The number of pyridine rings is 1. The van der Waals surface area contributed by atoms with Crippen LogP contribution in [0.15, 0.2) is 24.5 Å². The highest BCUT2D eigenvalue weighted by Gasteiger charge is 2.36. The van der Waals surface area contributed by atoms with Crippen LogP contribution in [0.25, 0.3) is 22.3 Å². The zero-order valence-corrected chi connectivity index (χ0v) is 18.9. The van der Waals surface area contributed by atoms with Crippen molar-refractivity contribution in [1.82, 2.24) is 25.3 Å². The minimum Gasteiger partial charge on any atom is -0.390 e. The van der Waals surface area contributed by atoms with Crippen molar-refractivity contribution >= 4 is 22.8 Å². The molecule has 34 heavy (non-hydrogen) atoms. The van der Waals surface area contributed by atoms with E-state index in [0.717, 1.165) is 31.4 Å². The number of rotatable bonds is 4. The second-order valence-corrected chi connectivity index (χ2v) is 9.39. The molecule has 0 aromatic carbocycles. The van der Waals surface area contributed by atoms with Gasteiger partial charge in [-0.3, -0.25) is 0 Å². The number of H-pyrrole nitrogens is 1. The molecule has 182 valence electrons. The summed E-state index contributed by atoms with van der Waals surface area (Å²) in [5.74, 6) is 0.901. The van der Waals surface area contributed by atoms with Gasteiger partial charge in [0.1, 0.15) is 17.0 Å². The van der Waals surface area contributed by atoms with E-state index in [-0.39, 0.29) is 17.7 Å². The first-order chi connectivity index (χ1) is 16.2. The Morgan fingerprint density at radius 1 is 1.21 bits per heavy atom. The quantitative estimate of drug-likeness (QED) is 0.458. The lowest BCUT2D eigenvalue weighted by Gasteiger charge is -2.36. The third-order valence-electron chi connectivity index (χ3n) is 6.67. The van der Waals surface area contributed by atoms with Crippen LogP contribution < -0.4 is 15.5 Å². The third kappa shape index (κ3) is 4.67. The number of piperidine rings is 2. The molecule has 0 amide bonds. The average molecular weight is 476 g/mol. The zero-order chi connectivity index (χ0) is 23.9. The molecule has 1 unspecified atom stereocenters. The first-order valence-corrected chi connectivity index (χ1v) is 11.6. The second-order valence-electron chi connectivity index (χ2n) is 9.39. The smallest absolute Gasteiger partial charge is 0.390 e. The van der Waals surface area contributed by atoms with Gasteiger partial charge in [0.15, 0.2) is 0 Å². The summed E-state index contributed by atoms with van der Waals surface area (Å²) in [5, 5.41) is 17.2. The molecule has 2 aliphatic heterocycles. The van der Waals surface area contributed by atoms with Crippen LogP contribution in [-0.4, -0.2) is 62.9 Å². The van der Waals surface area contributed by atoms with E-state index in [4.69, 9.17) is 0 Å². The van der Waals surface area contributed by atoms with Gasteiger partial charge in [0.05, 0.1) is 11.3 Å². The standard InChI is InChI=1S/C23H28F3N7O/c1-22(34)6-9-33(10-7-22)18-5-4-15-16(12-28-20(15)31-18)19-17(23(24,25)26)13-29-21(32-19)30-14-3-2-8-27-11-14/h4-5,12-14,27,34H,2-3,6-11H2,1H3,(H,28,31)(H,29,30,32). The van der Waals surface area contributed by atoms with E-state index in [1.165, 1.54) is 6.20 Å². The number of aliphatic hydroxyl groups is 1. The Morgan fingerprint density at radius 2 is 2.00 bits per heavy atom. The second kappa shape index (κ2) is 8.70. The lowest BCUT2D eigenvalue weighted by atomic mass is 9.94. The van der Waals surface area contributed by atoms with E-state index in [2.05, 4.69) is 35.5 Å². The fraction of sp³-hybridized carbons (Fsp3) is 0.522. The maximum atomic E-state index is 13.8. The van der Waals surface area contributed by atoms with Crippen molar-refractivity contribution in [2.75, 3.05) is 36.4 Å². The van der Waals surface area contributed by atoms with Crippen LogP contribution in [0, 0.1) is 0 Å². The molecule has 2 aliphatic rings. The first kappa shape index (κ1) is 22.9. The molecule has 0 bridgehead atoms. The maximum Gasteiger partial charge on any atom is 0.419 e. The van der Waals surface area contributed by atoms with Crippen LogP contribution >= 0.6 is 0 Å². The normalized spacial score (nSPS) is 21.1. The van der Waals surface area contributed by atoms with Gasteiger partial charge in [-0.05, 0) is 51.3 Å². The van der Waals surface area contributed by atoms with Crippen LogP contribution in [0.4, 0.5) is 24.9 Å². The highest BCUT2D eigenvalue weighted by Crippen LogP contribution is 2.39. The molecule has 0 radical (unpaired) electrons. The van der Waals surface area contributed by atoms with Crippen LogP contribution in [-0.2, 0) is 6.18 Å². The summed E-state index contributed by atoms with van der Waals surface area (Å²) in [6.45, 7) is 4.79. The number of aromatic nitrogens is 4. The van der Waals surface area contributed by atoms with Gasteiger partial charge < -0.3 is 25.6 Å². The molecule has 2 fully saturated rings. The average Bonchev–Trinajstić information content (AvgIpc) is 3.22. The number of halogens is 3. The molecule has 8 nitrogen and oxygen atoms in total. The third-order valence-corrected chi connectivity index (χ3v) is 6.67. The number of nitrogens with one attached hydrogen (secondary N) is 3. The Kier molecular flexibility index (Phi) is 5.85. The number of anilines is 2. The molecular weight excluding hydrogens is 447 g/mol. The van der Waals surface area contributed by atoms with E-state index in [1.807, 2.05) is 6.92 Å². The van der Waals surface area contributed by atoms with Crippen LogP contribution in [0.5, 0.6) is 0 Å². The van der Waals surface area contributed by atoms with E-state index in [1.54, 1.807) is 12.1 Å². The fourth-order valence-corrected chi connectivity index (χ4v) is 4.61. The van der Waals surface area contributed by atoms with Gasteiger partial charge in [-0.1, -0.05) is 0 Å². The number of hydrogen-bond donors (Lipinski definition) is 4. The molecular formula is C23H28F3N7O. The highest BCUT2D eigenvalue weighted by molar-refractivity contribution is 5.94. The van der Waals surface area contributed by atoms with Crippen molar-refractivity contribution in [3.05, 3.63) is 30.1 Å². The SMILES string of the molecule is CC1(O)CCN(c2ccc3c(-c4nc(NC5CCCNC5)ncc4C(F)(F)F)c[nH]c3n2)CC1. The zero-order valence-electron chi connectivity index (χ0n) is 18.9. The van der Waals surface area contributed by atoms with Gasteiger partial charge in [0.25, 0.3) is 0 Å². The van der Waals surface area contributed by atoms with Crippen molar-refractivity contribution in [1.29, 1.82) is 0 Å². The molecule has 3 aromatic rings. The molecule has 2 saturated heterocycles. The van der Waals surface area contributed by atoms with E-state index >= 15 is 0 Å². The highest BCUT2D eigenvalue weighted by atomic mass is 19.4. The van der Waals surface area contributed by atoms with Crippen molar-refractivity contribution in [3.8, 4) is 11.3 Å². The summed E-state index contributed by atoms with van der Waals surface area (Å²) in [5.41, 5.74) is -0.926. The van der Waals surface area contributed by atoms with Gasteiger partial charge >= 0.3 is 6.18 Å². The minimum absolute atomic E-state index is 0.0656. The van der Waals surface area contributed by atoms with Gasteiger partial charge in [-0.15, -0.1) is 0 Å². The van der Waals surface area contributed by atoms with E-state index < -0.39 is 17.3 Å². The summed E-state index contributed by atoms with van der Waals surface area (Å²) in [6, 6.07) is 3.65. The van der Waals surface area contributed by atoms with Crippen LogP contribution in [0.3, 0.4) is 0 Å². The number of alkyl halides is 3. The molecule has 5 rings (SSSR count). The number of aromatic amines is 1. The topological polar surface area (TPSA) is 102 Å². The Balaban J connectivity index is 1.48. The predicted molar refractivity (Wildman–Crippen MR) is 124 cm³/mol. The Bertz CT molecular complexity index is 1160. The Hall–Kier alpha value is -2.92. The molecule has 0 saturated carbocycles. The Morgan fingerprint density at radius 3 is 2.71 bits per heavy atom. The molecule has 0 aliphatic carbocycles. The summed E-state index contributed by atoms with van der Waals surface area (Å²) in [7, 11) is 0. The molecule has 11 heteroatoms. The van der Waals surface area contributed by atoms with Crippen LogP contribution in [0.1, 0.15) is 38.2 Å². The lowest BCUT2D eigenvalue weighted by Crippen LogP contribution is -2.42. The molecule has 1 atom stereocenters. The molecule has 0 spiro atoms. The number of fused-ring (bicyclic) bond motifs is 1. The largest absolute Gasteiger partial charge is 0.419 e. The van der Waals surface area contributed by atoms with Gasteiger partial charge in [0, 0.05) is 49.0 Å². The summed E-state index contributed by atoms with van der Waals surface area (Å²) < 4.78 is 41.5. The van der Waals surface area contributed by atoms with E-state index in [0.29, 0.717) is 49.1 Å². The van der Waals surface area contributed by atoms with Crippen molar-refractivity contribution in [3.63, 3.8) is 0 Å². The predicted octanol–water partition coefficient (Wildman–Crippen LogP) is 3.55. The van der Waals surface area contributed by atoms with E-state index in [9.17, 15) is 18.3 Å². The first-order valence-electron chi connectivity index (χ1n) is 11.6. The summed E-state index contributed by atoms with van der Waals surface area (Å²) in [4.78, 5) is 18.0. The maximum absolute atomic E-state index is 13.8. The van der Waals surface area contributed by atoms with Gasteiger partial charge in [0.2, 0.25) is 5.95 Å². The molecule has 5 heterocycles. The van der Waals surface area contributed by atoms with Crippen molar-refractivity contribution < 1.29 is 18.3 Å². The molecule has 4 N–H and O–H groups in total. The summed E-state index contributed by atoms with van der Waals surface area (Å²) >= 11 is 0. The lowest BCUT2D eigenvalue weighted by molar-refractivity contribution is -0.137. The number of nitrogens with zero attached hydrogens (tertiary/aromatic N) is 4. The van der Waals surface area contributed by atoms with Gasteiger partial charge in [-0.2, -0.15) is 13.2 Å². The number of hydrogen-bond acceptors (Lipinski definition) is 7. The van der Waals surface area contributed by atoms with Crippen molar-refractivity contribution in [2.24, 2.45) is 0 Å². The van der Waals surface area contributed by atoms with Crippen molar-refractivity contribution in [2.45, 2.75) is 50.4 Å². The van der Waals surface area contributed by atoms with Gasteiger partial charge in [-0.25, -0.2) is 15.0 Å². The minimum atomic E-state index is -4.60. The fourth-order valence-electron chi connectivity index (χ4n) is 4.61. The molecule has 3 aromatic heterocycles. The monoisotopic (exact) mass is 475 g/mol.